The van der Waals surface area contributed by atoms with Crippen molar-refractivity contribution in [3.05, 3.63) is 26.8 Å². The Morgan fingerprint density at radius 2 is 2.13 bits per heavy atom. The van der Waals surface area contributed by atoms with Crippen molar-refractivity contribution in [1.29, 1.82) is 5.26 Å². The Morgan fingerprint density at radius 1 is 1.47 bits per heavy atom. The summed E-state index contributed by atoms with van der Waals surface area (Å²) in [6, 6.07) is 5.02. The van der Waals surface area contributed by atoms with Gasteiger partial charge in [0.25, 0.3) is 0 Å². The first-order valence-electron chi connectivity index (χ1n) is 4.00. The van der Waals surface area contributed by atoms with Gasteiger partial charge >= 0.3 is 5.97 Å². The first kappa shape index (κ1) is 11.8. The lowest BCUT2D eigenvalue weighted by atomic mass is 10.1. The molecule has 0 N–H and O–H groups in total. The van der Waals surface area contributed by atoms with Crippen molar-refractivity contribution in [2.75, 3.05) is 14.2 Å². The van der Waals surface area contributed by atoms with E-state index in [1.54, 1.807) is 6.07 Å². The van der Waals surface area contributed by atoms with Crippen LogP contribution in [0.4, 0.5) is 0 Å². The lowest BCUT2D eigenvalue weighted by molar-refractivity contribution is 0.0599. The number of ether oxygens (including phenoxy) is 2. The average Bonchev–Trinajstić information content (AvgIpc) is 2.28. The van der Waals surface area contributed by atoms with Crippen LogP contribution in [0.2, 0.25) is 0 Å². The third kappa shape index (κ3) is 2.39. The maximum Gasteiger partial charge on any atom is 0.339 e. The molecule has 15 heavy (non-hydrogen) atoms. The van der Waals surface area contributed by atoms with E-state index in [1.165, 1.54) is 20.3 Å². The molecule has 5 heteroatoms. The summed E-state index contributed by atoms with van der Waals surface area (Å²) in [6.45, 7) is 0. The number of carbonyl (C=O) groups excluding carboxylic acids is 1. The molecule has 0 aromatic heterocycles. The molecule has 0 aliphatic carbocycles. The number of hydrogen-bond donors (Lipinski definition) is 0. The quantitative estimate of drug-likeness (QED) is 0.618. The Labute approximate surface area is 101 Å². The van der Waals surface area contributed by atoms with Crippen LogP contribution in [0.25, 0.3) is 0 Å². The molecule has 1 aromatic rings. The van der Waals surface area contributed by atoms with Crippen LogP contribution in [0, 0.1) is 14.9 Å². The van der Waals surface area contributed by atoms with Gasteiger partial charge in [-0.2, -0.15) is 5.26 Å². The molecule has 0 saturated heterocycles. The maximum absolute atomic E-state index is 11.4. The maximum atomic E-state index is 11.4. The molecule has 78 valence electrons. The minimum absolute atomic E-state index is 0.342. The van der Waals surface area contributed by atoms with Crippen LogP contribution in [0.15, 0.2) is 12.1 Å². The normalized spacial score (nSPS) is 9.20. The fraction of sp³-hybridized carbons (Fsp3) is 0.200. The van der Waals surface area contributed by atoms with Gasteiger partial charge in [-0.3, -0.25) is 0 Å². The number of halogens is 1. The number of hydrogen-bond acceptors (Lipinski definition) is 4. The first-order chi connectivity index (χ1) is 7.13. The topological polar surface area (TPSA) is 59.3 Å². The highest BCUT2D eigenvalue weighted by Crippen LogP contribution is 2.26. The molecule has 0 spiro atoms. The standard InChI is InChI=1S/C10H8INO3/c1-14-8-4-6(5-12)3-7(9(8)11)10(13)15-2/h3-4H,1-2H3. The Morgan fingerprint density at radius 3 is 2.60 bits per heavy atom. The van der Waals surface area contributed by atoms with Crippen LogP contribution in [0.5, 0.6) is 5.75 Å². The van der Waals surface area contributed by atoms with E-state index in [0.29, 0.717) is 20.4 Å². The molecular weight excluding hydrogens is 309 g/mol. The third-order valence-corrected chi connectivity index (χ3v) is 2.91. The average molecular weight is 317 g/mol. The minimum atomic E-state index is -0.477. The van der Waals surface area contributed by atoms with Crippen molar-refractivity contribution in [2.24, 2.45) is 0 Å². The van der Waals surface area contributed by atoms with Gasteiger partial charge < -0.3 is 9.47 Å². The molecule has 0 atom stereocenters. The van der Waals surface area contributed by atoms with Gasteiger partial charge in [-0.15, -0.1) is 0 Å². The van der Waals surface area contributed by atoms with E-state index >= 15 is 0 Å². The van der Waals surface area contributed by atoms with E-state index in [0.717, 1.165) is 0 Å². The van der Waals surface area contributed by atoms with Crippen LogP contribution in [0.1, 0.15) is 15.9 Å². The lowest BCUT2D eigenvalue weighted by Gasteiger charge is -2.08. The summed E-state index contributed by atoms with van der Waals surface area (Å²) in [4.78, 5) is 11.4. The highest BCUT2D eigenvalue weighted by atomic mass is 127. The van der Waals surface area contributed by atoms with Gasteiger partial charge in [0.1, 0.15) is 5.75 Å². The molecule has 0 unspecified atom stereocenters. The molecule has 1 rings (SSSR count). The summed E-state index contributed by atoms with van der Waals surface area (Å²) in [5, 5.41) is 8.77. The number of esters is 1. The number of nitriles is 1. The summed E-state index contributed by atoms with van der Waals surface area (Å²) in [5.74, 6) is 0.0184. The van der Waals surface area contributed by atoms with Crippen LogP contribution in [-0.4, -0.2) is 20.2 Å². The van der Waals surface area contributed by atoms with Crippen molar-refractivity contribution in [1.82, 2.24) is 0 Å². The largest absolute Gasteiger partial charge is 0.496 e. The van der Waals surface area contributed by atoms with E-state index in [2.05, 4.69) is 4.74 Å². The summed E-state index contributed by atoms with van der Waals surface area (Å²) < 4.78 is 10.3. The zero-order valence-corrected chi connectivity index (χ0v) is 10.4. The smallest absolute Gasteiger partial charge is 0.339 e. The summed E-state index contributed by atoms with van der Waals surface area (Å²) in [7, 11) is 2.78. The van der Waals surface area contributed by atoms with Crippen LogP contribution in [0.3, 0.4) is 0 Å². The lowest BCUT2D eigenvalue weighted by Crippen LogP contribution is -2.05. The van der Waals surface area contributed by atoms with Crippen LogP contribution >= 0.6 is 22.6 Å². The van der Waals surface area contributed by atoms with E-state index < -0.39 is 5.97 Å². The van der Waals surface area contributed by atoms with Crippen molar-refractivity contribution in [2.45, 2.75) is 0 Å². The predicted octanol–water partition coefficient (Wildman–Crippen LogP) is 1.96. The van der Waals surface area contributed by atoms with Gasteiger partial charge in [-0.25, -0.2) is 4.79 Å². The highest BCUT2D eigenvalue weighted by Gasteiger charge is 2.15. The van der Waals surface area contributed by atoms with Gasteiger partial charge in [0.05, 0.1) is 35.0 Å². The molecule has 0 saturated carbocycles. The molecule has 1 aromatic carbocycles. The van der Waals surface area contributed by atoms with Crippen molar-refractivity contribution in [3.8, 4) is 11.8 Å². The van der Waals surface area contributed by atoms with Gasteiger partial charge in [0.2, 0.25) is 0 Å². The summed E-state index contributed by atoms with van der Waals surface area (Å²) >= 11 is 1.98. The molecule has 0 amide bonds. The van der Waals surface area contributed by atoms with Crippen molar-refractivity contribution in [3.63, 3.8) is 0 Å². The fourth-order valence-electron chi connectivity index (χ4n) is 1.07. The fourth-order valence-corrected chi connectivity index (χ4v) is 1.82. The zero-order valence-electron chi connectivity index (χ0n) is 8.20. The Hall–Kier alpha value is -1.29. The molecule has 0 bridgehead atoms. The summed E-state index contributed by atoms with van der Waals surface area (Å²) in [5.41, 5.74) is 0.710. The second-order valence-electron chi connectivity index (χ2n) is 2.64. The number of benzene rings is 1. The van der Waals surface area contributed by atoms with Crippen molar-refractivity contribution < 1.29 is 14.3 Å². The number of rotatable bonds is 2. The van der Waals surface area contributed by atoms with Gasteiger partial charge in [0.15, 0.2) is 0 Å². The first-order valence-corrected chi connectivity index (χ1v) is 5.07. The number of carbonyl (C=O) groups is 1. The summed E-state index contributed by atoms with van der Waals surface area (Å²) in [6.07, 6.45) is 0. The Kier molecular flexibility index (Phi) is 3.91. The van der Waals surface area contributed by atoms with E-state index in [4.69, 9.17) is 10.00 Å². The van der Waals surface area contributed by atoms with Gasteiger partial charge in [0, 0.05) is 0 Å². The van der Waals surface area contributed by atoms with Gasteiger partial charge in [-0.05, 0) is 34.7 Å². The van der Waals surface area contributed by atoms with Gasteiger partial charge in [-0.1, -0.05) is 0 Å². The van der Waals surface area contributed by atoms with Crippen LogP contribution in [-0.2, 0) is 4.74 Å². The van der Waals surface area contributed by atoms with E-state index in [9.17, 15) is 4.79 Å². The molecular formula is C10H8INO3. The molecule has 0 fully saturated rings. The van der Waals surface area contributed by atoms with Crippen molar-refractivity contribution >= 4 is 28.6 Å². The number of methoxy groups -OCH3 is 2. The molecule has 4 nitrogen and oxygen atoms in total. The van der Waals surface area contributed by atoms with E-state index in [-0.39, 0.29) is 0 Å². The molecule has 0 aliphatic heterocycles. The number of nitrogens with zero attached hydrogens (tertiary/aromatic N) is 1. The molecule has 0 aliphatic rings. The SMILES string of the molecule is COC(=O)c1cc(C#N)cc(OC)c1I. The monoisotopic (exact) mass is 317 g/mol. The third-order valence-electron chi connectivity index (χ3n) is 1.79. The Bertz CT molecular complexity index is 437. The second-order valence-corrected chi connectivity index (χ2v) is 3.72. The zero-order chi connectivity index (χ0) is 11.4. The van der Waals surface area contributed by atoms with Crippen LogP contribution < -0.4 is 4.74 Å². The second kappa shape index (κ2) is 4.98. The van der Waals surface area contributed by atoms with E-state index in [1.807, 2.05) is 28.7 Å². The predicted molar refractivity (Wildman–Crippen MR) is 61.8 cm³/mol. The Balaban J connectivity index is 3.38. The highest BCUT2D eigenvalue weighted by molar-refractivity contribution is 14.1. The minimum Gasteiger partial charge on any atom is -0.496 e. The molecule has 0 heterocycles. The molecule has 0 radical (unpaired) electrons.